The van der Waals surface area contributed by atoms with E-state index in [2.05, 4.69) is 26.3 Å². The highest BCUT2D eigenvalue weighted by Gasteiger charge is 2.10. The van der Waals surface area contributed by atoms with E-state index in [9.17, 15) is 4.79 Å². The van der Waals surface area contributed by atoms with Crippen LogP contribution in [0.4, 0.5) is 0 Å². The molecule has 0 saturated heterocycles. The summed E-state index contributed by atoms with van der Waals surface area (Å²) in [6, 6.07) is 7.14. The van der Waals surface area contributed by atoms with Gasteiger partial charge in [0.15, 0.2) is 0 Å². The Hall–Kier alpha value is -1.82. The van der Waals surface area contributed by atoms with Gasteiger partial charge in [-0.05, 0) is 28.1 Å². The summed E-state index contributed by atoms with van der Waals surface area (Å²) < 4.78 is 7.83. The topological polar surface area (TPSA) is 56.1 Å². The molecule has 0 saturated carbocycles. The first-order chi connectivity index (χ1) is 9.20. The van der Waals surface area contributed by atoms with E-state index in [4.69, 9.17) is 4.74 Å². The number of nitrogens with one attached hydrogen (secondary N) is 1. The summed E-state index contributed by atoms with van der Waals surface area (Å²) in [4.78, 5) is 12.0. The van der Waals surface area contributed by atoms with Crippen molar-refractivity contribution in [1.82, 2.24) is 15.1 Å². The summed E-state index contributed by atoms with van der Waals surface area (Å²) >= 11 is 3.32. The van der Waals surface area contributed by atoms with E-state index in [1.807, 2.05) is 18.3 Å². The molecule has 1 amide bonds. The van der Waals surface area contributed by atoms with Crippen molar-refractivity contribution in [2.24, 2.45) is 0 Å². The minimum atomic E-state index is -0.149. The number of ether oxygens (including phenoxy) is 1. The van der Waals surface area contributed by atoms with Crippen molar-refractivity contribution in [2.75, 3.05) is 13.7 Å². The molecule has 100 valence electrons. The van der Waals surface area contributed by atoms with E-state index >= 15 is 0 Å². The Morgan fingerprint density at radius 1 is 1.47 bits per heavy atom. The number of aromatic nitrogens is 2. The van der Waals surface area contributed by atoms with Crippen LogP contribution >= 0.6 is 15.9 Å². The predicted octanol–water partition coefficient (Wildman–Crippen LogP) is 2.08. The lowest BCUT2D eigenvalue weighted by Crippen LogP contribution is -2.27. The highest BCUT2D eigenvalue weighted by molar-refractivity contribution is 9.10. The molecule has 19 heavy (non-hydrogen) atoms. The summed E-state index contributed by atoms with van der Waals surface area (Å²) in [6.45, 7) is 1.12. The fourth-order valence-corrected chi connectivity index (χ4v) is 2.00. The van der Waals surface area contributed by atoms with Crippen molar-refractivity contribution in [2.45, 2.75) is 6.54 Å². The van der Waals surface area contributed by atoms with E-state index in [0.717, 1.165) is 4.47 Å². The van der Waals surface area contributed by atoms with Crippen LogP contribution in [0.5, 0.6) is 5.75 Å². The van der Waals surface area contributed by atoms with Crippen molar-refractivity contribution in [3.05, 3.63) is 46.7 Å². The summed E-state index contributed by atoms with van der Waals surface area (Å²) in [7, 11) is 1.55. The van der Waals surface area contributed by atoms with Crippen LogP contribution in [-0.4, -0.2) is 29.3 Å². The molecule has 0 fully saturated rings. The Kier molecular flexibility index (Phi) is 4.57. The van der Waals surface area contributed by atoms with Gasteiger partial charge in [-0.15, -0.1) is 0 Å². The molecule has 0 aliphatic carbocycles. The normalized spacial score (nSPS) is 10.2. The molecule has 6 heteroatoms. The maximum atomic E-state index is 12.0. The van der Waals surface area contributed by atoms with Gasteiger partial charge in [0.1, 0.15) is 5.75 Å². The van der Waals surface area contributed by atoms with Crippen LogP contribution in [0, 0.1) is 0 Å². The van der Waals surface area contributed by atoms with Crippen molar-refractivity contribution in [1.29, 1.82) is 0 Å². The summed E-state index contributed by atoms with van der Waals surface area (Å²) in [6.07, 6.45) is 3.57. The number of hydrogen-bond acceptors (Lipinski definition) is 3. The zero-order valence-corrected chi connectivity index (χ0v) is 12.1. The van der Waals surface area contributed by atoms with Gasteiger partial charge in [0.05, 0.1) is 29.9 Å². The average molecular weight is 324 g/mol. The van der Waals surface area contributed by atoms with Gasteiger partial charge in [0.2, 0.25) is 0 Å². The van der Waals surface area contributed by atoms with Crippen molar-refractivity contribution in [3.8, 4) is 5.75 Å². The van der Waals surface area contributed by atoms with Crippen molar-refractivity contribution in [3.63, 3.8) is 0 Å². The number of carbonyl (C=O) groups is 1. The maximum Gasteiger partial charge on any atom is 0.255 e. The molecule has 0 aliphatic rings. The Labute approximate surface area is 119 Å². The number of carbonyl (C=O) groups excluding carboxylic acids is 1. The monoisotopic (exact) mass is 323 g/mol. The number of methoxy groups -OCH3 is 1. The second-order valence-corrected chi connectivity index (χ2v) is 4.79. The van der Waals surface area contributed by atoms with Crippen LogP contribution in [0.1, 0.15) is 10.4 Å². The third-order valence-electron chi connectivity index (χ3n) is 2.58. The molecule has 0 aliphatic heterocycles. The van der Waals surface area contributed by atoms with Crippen molar-refractivity contribution < 1.29 is 9.53 Å². The molecule has 1 aromatic heterocycles. The van der Waals surface area contributed by atoms with Crippen LogP contribution < -0.4 is 10.1 Å². The smallest absolute Gasteiger partial charge is 0.255 e. The SMILES string of the molecule is COc1ccccc1C(=O)NCCn1cc(Br)cn1. The molecule has 1 heterocycles. The lowest BCUT2D eigenvalue weighted by Gasteiger charge is -2.09. The lowest BCUT2D eigenvalue weighted by molar-refractivity contribution is 0.0949. The minimum absolute atomic E-state index is 0.149. The molecule has 1 aromatic carbocycles. The number of halogens is 1. The number of rotatable bonds is 5. The van der Waals surface area contributed by atoms with Crippen LogP contribution in [-0.2, 0) is 6.54 Å². The largest absolute Gasteiger partial charge is 0.496 e. The molecule has 0 bridgehead atoms. The second kappa shape index (κ2) is 6.38. The Balaban J connectivity index is 1.90. The minimum Gasteiger partial charge on any atom is -0.496 e. The van der Waals surface area contributed by atoms with Gasteiger partial charge in [-0.25, -0.2) is 0 Å². The molecule has 2 rings (SSSR count). The fourth-order valence-electron chi connectivity index (χ4n) is 1.67. The molecular weight excluding hydrogens is 310 g/mol. The first-order valence-corrected chi connectivity index (χ1v) is 6.59. The third kappa shape index (κ3) is 3.57. The van der Waals surface area contributed by atoms with E-state index in [-0.39, 0.29) is 5.91 Å². The molecule has 1 N–H and O–H groups in total. The standard InChI is InChI=1S/C13H14BrN3O2/c1-19-12-5-3-2-4-11(12)13(18)15-6-7-17-9-10(14)8-16-17/h2-5,8-9H,6-7H2,1H3,(H,15,18). The molecule has 0 spiro atoms. The van der Waals surface area contributed by atoms with E-state index < -0.39 is 0 Å². The number of benzene rings is 1. The summed E-state index contributed by atoms with van der Waals surface area (Å²) in [5.41, 5.74) is 0.534. The first kappa shape index (κ1) is 13.6. The Bertz CT molecular complexity index is 569. The Morgan fingerprint density at radius 3 is 2.95 bits per heavy atom. The van der Waals surface area contributed by atoms with Gasteiger partial charge in [0, 0.05) is 12.7 Å². The van der Waals surface area contributed by atoms with Gasteiger partial charge in [-0.3, -0.25) is 9.48 Å². The van der Waals surface area contributed by atoms with E-state index in [0.29, 0.717) is 24.4 Å². The maximum absolute atomic E-state index is 12.0. The van der Waals surface area contributed by atoms with E-state index in [1.54, 1.807) is 30.1 Å². The van der Waals surface area contributed by atoms with Crippen LogP contribution in [0.25, 0.3) is 0 Å². The first-order valence-electron chi connectivity index (χ1n) is 5.80. The molecule has 2 aromatic rings. The second-order valence-electron chi connectivity index (χ2n) is 3.88. The van der Waals surface area contributed by atoms with Gasteiger partial charge in [-0.2, -0.15) is 5.10 Å². The van der Waals surface area contributed by atoms with Gasteiger partial charge in [-0.1, -0.05) is 12.1 Å². The molecular formula is C13H14BrN3O2. The Morgan fingerprint density at radius 2 is 2.26 bits per heavy atom. The van der Waals surface area contributed by atoms with E-state index in [1.165, 1.54) is 0 Å². The van der Waals surface area contributed by atoms with Crippen molar-refractivity contribution >= 4 is 21.8 Å². The molecule has 0 unspecified atom stereocenters. The number of hydrogen-bond donors (Lipinski definition) is 1. The summed E-state index contributed by atoms with van der Waals surface area (Å²) in [5, 5.41) is 6.95. The average Bonchev–Trinajstić information content (AvgIpc) is 2.84. The summed E-state index contributed by atoms with van der Waals surface area (Å²) in [5.74, 6) is 0.422. The fraction of sp³-hybridized carbons (Fsp3) is 0.231. The lowest BCUT2D eigenvalue weighted by atomic mass is 10.2. The third-order valence-corrected chi connectivity index (χ3v) is 2.99. The van der Waals surface area contributed by atoms with Crippen LogP contribution in [0.15, 0.2) is 41.1 Å². The number of para-hydroxylation sites is 1. The predicted molar refractivity (Wildman–Crippen MR) is 75.3 cm³/mol. The number of nitrogens with zero attached hydrogens (tertiary/aromatic N) is 2. The van der Waals surface area contributed by atoms with Crippen LogP contribution in [0.3, 0.4) is 0 Å². The zero-order valence-electron chi connectivity index (χ0n) is 10.5. The molecule has 0 atom stereocenters. The van der Waals surface area contributed by atoms with Gasteiger partial charge in [0.25, 0.3) is 5.91 Å². The van der Waals surface area contributed by atoms with Gasteiger partial charge >= 0.3 is 0 Å². The highest BCUT2D eigenvalue weighted by Crippen LogP contribution is 2.16. The highest BCUT2D eigenvalue weighted by atomic mass is 79.9. The quantitative estimate of drug-likeness (QED) is 0.916. The van der Waals surface area contributed by atoms with Crippen LogP contribution in [0.2, 0.25) is 0 Å². The number of amides is 1. The molecule has 5 nitrogen and oxygen atoms in total. The zero-order chi connectivity index (χ0) is 13.7. The molecule has 0 radical (unpaired) electrons. The van der Waals surface area contributed by atoms with Gasteiger partial charge < -0.3 is 10.1 Å².